The molecule has 0 bridgehead atoms. The summed E-state index contributed by atoms with van der Waals surface area (Å²) in [6.45, 7) is 1.49. The molecule has 0 amide bonds. The first kappa shape index (κ1) is 12.3. The van der Waals surface area contributed by atoms with Crippen LogP contribution in [0.5, 0.6) is 0 Å². The average Bonchev–Trinajstić information content (AvgIpc) is 2.41. The Kier molecular flexibility index (Phi) is 4.49. The number of nitrogens with one attached hydrogen (secondary N) is 2. The molecule has 2 aromatic rings. The van der Waals surface area contributed by atoms with Gasteiger partial charge < -0.3 is 16.4 Å². The highest BCUT2D eigenvalue weighted by molar-refractivity contribution is 5.54. The van der Waals surface area contributed by atoms with Crippen LogP contribution in [0.25, 0.3) is 0 Å². The van der Waals surface area contributed by atoms with Crippen LogP contribution in [0.2, 0.25) is 0 Å². The molecule has 1 aromatic heterocycles. The lowest BCUT2D eigenvalue weighted by molar-refractivity contribution is 0.869. The molecule has 0 fully saturated rings. The molecule has 0 aliphatic heterocycles. The molecule has 18 heavy (non-hydrogen) atoms. The maximum Gasteiger partial charge on any atom is 0.229 e. The molecule has 0 saturated carbocycles. The van der Waals surface area contributed by atoms with E-state index in [9.17, 15) is 0 Å². The van der Waals surface area contributed by atoms with Crippen LogP contribution in [0.1, 0.15) is 6.42 Å². The van der Waals surface area contributed by atoms with Crippen LogP contribution in [0, 0.1) is 0 Å². The number of aromatic nitrogens is 2. The first-order chi connectivity index (χ1) is 8.88. The molecule has 4 N–H and O–H groups in total. The van der Waals surface area contributed by atoms with E-state index < -0.39 is 0 Å². The van der Waals surface area contributed by atoms with Gasteiger partial charge in [0, 0.05) is 18.4 Å². The van der Waals surface area contributed by atoms with Gasteiger partial charge in [-0.2, -0.15) is 4.98 Å². The van der Waals surface area contributed by atoms with Gasteiger partial charge in [-0.1, -0.05) is 18.2 Å². The largest absolute Gasteiger partial charge is 0.370 e. The summed E-state index contributed by atoms with van der Waals surface area (Å²) < 4.78 is 0. The fraction of sp³-hybridized carbons (Fsp3) is 0.231. The second-order valence-electron chi connectivity index (χ2n) is 3.83. The molecule has 1 aromatic carbocycles. The highest BCUT2D eigenvalue weighted by Gasteiger charge is 1.99. The van der Waals surface area contributed by atoms with Crippen LogP contribution in [0.15, 0.2) is 42.6 Å². The number of anilines is 3. The molecular formula is C13H17N5. The highest BCUT2D eigenvalue weighted by Crippen LogP contribution is 2.13. The number of hydrogen-bond acceptors (Lipinski definition) is 5. The summed E-state index contributed by atoms with van der Waals surface area (Å²) in [6.07, 6.45) is 2.65. The number of rotatable bonds is 6. The third-order valence-corrected chi connectivity index (χ3v) is 2.37. The normalized spacial score (nSPS) is 10.1. The van der Waals surface area contributed by atoms with Gasteiger partial charge in [0.2, 0.25) is 5.95 Å². The van der Waals surface area contributed by atoms with Gasteiger partial charge in [0.15, 0.2) is 0 Å². The second-order valence-corrected chi connectivity index (χ2v) is 3.83. The van der Waals surface area contributed by atoms with Crippen LogP contribution < -0.4 is 16.4 Å². The monoisotopic (exact) mass is 243 g/mol. The first-order valence-electron chi connectivity index (χ1n) is 5.97. The van der Waals surface area contributed by atoms with Gasteiger partial charge in [0.05, 0.1) is 0 Å². The Morgan fingerprint density at radius 1 is 1.11 bits per heavy atom. The SMILES string of the molecule is NCCCNc1ccnc(Nc2ccccc2)n1. The summed E-state index contributed by atoms with van der Waals surface area (Å²) in [7, 11) is 0. The van der Waals surface area contributed by atoms with Gasteiger partial charge in [-0.05, 0) is 31.2 Å². The Hall–Kier alpha value is -2.14. The summed E-state index contributed by atoms with van der Waals surface area (Å²) in [5, 5.41) is 6.35. The van der Waals surface area contributed by atoms with E-state index >= 15 is 0 Å². The van der Waals surface area contributed by atoms with Gasteiger partial charge in [0.1, 0.15) is 5.82 Å². The highest BCUT2D eigenvalue weighted by atomic mass is 15.1. The molecular weight excluding hydrogens is 226 g/mol. The van der Waals surface area contributed by atoms with E-state index in [0.29, 0.717) is 12.5 Å². The van der Waals surface area contributed by atoms with E-state index in [-0.39, 0.29) is 0 Å². The third kappa shape index (κ3) is 3.71. The minimum atomic E-state index is 0.582. The van der Waals surface area contributed by atoms with E-state index in [1.54, 1.807) is 6.20 Å². The van der Waals surface area contributed by atoms with Crippen LogP contribution in [0.3, 0.4) is 0 Å². The molecule has 0 radical (unpaired) electrons. The van der Waals surface area contributed by atoms with Gasteiger partial charge in [-0.3, -0.25) is 0 Å². The van der Waals surface area contributed by atoms with Crippen molar-refractivity contribution >= 4 is 17.5 Å². The Balaban J connectivity index is 1.99. The van der Waals surface area contributed by atoms with Crippen molar-refractivity contribution in [2.45, 2.75) is 6.42 Å². The summed E-state index contributed by atoms with van der Waals surface area (Å²) in [5.74, 6) is 1.39. The van der Waals surface area contributed by atoms with Crippen molar-refractivity contribution in [3.05, 3.63) is 42.6 Å². The van der Waals surface area contributed by atoms with E-state index in [4.69, 9.17) is 5.73 Å². The molecule has 0 unspecified atom stereocenters. The fourth-order valence-corrected chi connectivity index (χ4v) is 1.49. The van der Waals surface area contributed by atoms with Crippen LogP contribution in [0.4, 0.5) is 17.5 Å². The van der Waals surface area contributed by atoms with E-state index in [0.717, 1.165) is 24.5 Å². The Morgan fingerprint density at radius 2 is 1.94 bits per heavy atom. The Labute approximate surface area is 106 Å². The smallest absolute Gasteiger partial charge is 0.229 e. The second kappa shape index (κ2) is 6.56. The van der Waals surface area contributed by atoms with Crippen LogP contribution in [-0.2, 0) is 0 Å². The lowest BCUT2D eigenvalue weighted by Gasteiger charge is -2.07. The standard InChI is InChI=1S/C13H17N5/c14-8-4-9-15-12-7-10-16-13(18-12)17-11-5-2-1-3-6-11/h1-3,5-7,10H,4,8-9,14H2,(H2,15,16,17,18). The Bertz CT molecular complexity index is 472. The number of nitrogens with zero attached hydrogens (tertiary/aromatic N) is 2. The molecule has 1 heterocycles. The average molecular weight is 243 g/mol. The molecule has 0 aliphatic carbocycles. The molecule has 0 atom stereocenters. The topological polar surface area (TPSA) is 75.9 Å². The van der Waals surface area contributed by atoms with Crippen molar-refractivity contribution in [1.82, 2.24) is 9.97 Å². The quantitative estimate of drug-likeness (QED) is 0.676. The fourth-order valence-electron chi connectivity index (χ4n) is 1.49. The van der Waals surface area contributed by atoms with Crippen molar-refractivity contribution in [2.24, 2.45) is 5.73 Å². The summed E-state index contributed by atoms with van der Waals surface area (Å²) in [4.78, 5) is 8.54. The number of hydrogen-bond donors (Lipinski definition) is 3. The molecule has 0 spiro atoms. The summed E-state index contributed by atoms with van der Waals surface area (Å²) in [6, 6.07) is 11.7. The lowest BCUT2D eigenvalue weighted by atomic mass is 10.3. The summed E-state index contributed by atoms with van der Waals surface area (Å²) in [5.41, 5.74) is 6.41. The van der Waals surface area contributed by atoms with Crippen molar-refractivity contribution in [3.63, 3.8) is 0 Å². The van der Waals surface area contributed by atoms with E-state index in [2.05, 4.69) is 20.6 Å². The predicted molar refractivity (Wildman–Crippen MR) is 73.9 cm³/mol. The van der Waals surface area contributed by atoms with Gasteiger partial charge >= 0.3 is 0 Å². The third-order valence-electron chi connectivity index (χ3n) is 2.37. The number of benzene rings is 1. The van der Waals surface area contributed by atoms with Crippen molar-refractivity contribution in [3.8, 4) is 0 Å². The lowest BCUT2D eigenvalue weighted by Crippen LogP contribution is -2.10. The first-order valence-corrected chi connectivity index (χ1v) is 5.97. The molecule has 94 valence electrons. The minimum Gasteiger partial charge on any atom is -0.370 e. The maximum absolute atomic E-state index is 5.44. The minimum absolute atomic E-state index is 0.582. The summed E-state index contributed by atoms with van der Waals surface area (Å²) >= 11 is 0. The molecule has 0 aliphatic rings. The zero-order chi connectivity index (χ0) is 12.6. The molecule has 5 nitrogen and oxygen atoms in total. The number of nitrogens with two attached hydrogens (primary N) is 1. The van der Waals surface area contributed by atoms with Gasteiger partial charge in [0.25, 0.3) is 0 Å². The maximum atomic E-state index is 5.44. The zero-order valence-corrected chi connectivity index (χ0v) is 10.1. The molecule has 5 heteroatoms. The zero-order valence-electron chi connectivity index (χ0n) is 10.1. The van der Waals surface area contributed by atoms with Crippen molar-refractivity contribution in [1.29, 1.82) is 0 Å². The van der Waals surface area contributed by atoms with Gasteiger partial charge in [-0.15, -0.1) is 0 Å². The van der Waals surface area contributed by atoms with Crippen molar-refractivity contribution in [2.75, 3.05) is 23.7 Å². The Morgan fingerprint density at radius 3 is 2.72 bits per heavy atom. The van der Waals surface area contributed by atoms with Crippen LogP contribution >= 0.6 is 0 Å². The van der Waals surface area contributed by atoms with Crippen molar-refractivity contribution < 1.29 is 0 Å². The molecule has 0 saturated heterocycles. The predicted octanol–water partition coefficient (Wildman–Crippen LogP) is 1.98. The molecule has 2 rings (SSSR count). The van der Waals surface area contributed by atoms with Crippen LogP contribution in [-0.4, -0.2) is 23.1 Å². The van der Waals surface area contributed by atoms with Gasteiger partial charge in [-0.25, -0.2) is 4.98 Å². The number of para-hydroxylation sites is 1. The van der Waals surface area contributed by atoms with E-state index in [1.165, 1.54) is 0 Å². The van der Waals surface area contributed by atoms with E-state index in [1.807, 2.05) is 36.4 Å².